The summed E-state index contributed by atoms with van der Waals surface area (Å²) in [5.41, 5.74) is 2.77. The van der Waals surface area contributed by atoms with Gasteiger partial charge in [0.2, 0.25) is 0 Å². The van der Waals surface area contributed by atoms with E-state index in [1.165, 1.54) is 0 Å². The van der Waals surface area contributed by atoms with Crippen LogP contribution in [0.1, 0.15) is 17.5 Å². The summed E-state index contributed by atoms with van der Waals surface area (Å²) in [5, 5.41) is 11.1. The smallest absolute Gasteiger partial charge is 0.112 e. The first-order valence-corrected chi connectivity index (χ1v) is 7.76. The lowest BCUT2D eigenvalue weighted by Crippen LogP contribution is -2.07. The highest BCUT2D eigenvalue weighted by Crippen LogP contribution is 2.29. The van der Waals surface area contributed by atoms with Crippen molar-refractivity contribution in [2.75, 3.05) is 0 Å². The first-order chi connectivity index (χ1) is 10.1. The summed E-state index contributed by atoms with van der Waals surface area (Å²) in [6.07, 6.45) is -0.224. The molecule has 1 N–H and O–H groups in total. The molecule has 0 radical (unpaired) electrons. The maximum absolute atomic E-state index is 10.5. The summed E-state index contributed by atoms with van der Waals surface area (Å²) in [7, 11) is 1.96. The molecule has 0 saturated carbocycles. The topological polar surface area (TPSA) is 38.0 Å². The van der Waals surface area contributed by atoms with E-state index in [-0.39, 0.29) is 0 Å². The van der Waals surface area contributed by atoms with Crippen LogP contribution in [0.3, 0.4) is 0 Å². The van der Waals surface area contributed by atoms with E-state index in [1.807, 2.05) is 41.9 Å². The normalized spacial score (nSPS) is 12.8. The van der Waals surface area contributed by atoms with Crippen molar-refractivity contribution >= 4 is 38.6 Å². The monoisotopic (exact) mass is 364 g/mol. The van der Waals surface area contributed by atoms with Gasteiger partial charge >= 0.3 is 0 Å². The van der Waals surface area contributed by atoms with Crippen molar-refractivity contribution in [1.82, 2.24) is 9.55 Å². The first kappa shape index (κ1) is 14.6. The molecule has 2 aromatic carbocycles. The number of rotatable bonds is 3. The molecule has 0 spiro atoms. The van der Waals surface area contributed by atoms with E-state index in [2.05, 4.69) is 20.9 Å². The number of hydrogen-bond acceptors (Lipinski definition) is 2. The van der Waals surface area contributed by atoms with Crippen LogP contribution in [0.4, 0.5) is 0 Å². The number of aromatic nitrogens is 2. The average Bonchev–Trinajstić information content (AvgIpc) is 2.78. The molecule has 0 saturated heterocycles. The van der Waals surface area contributed by atoms with Crippen molar-refractivity contribution in [3.05, 3.63) is 63.3 Å². The van der Waals surface area contributed by atoms with Crippen LogP contribution < -0.4 is 0 Å². The number of para-hydroxylation sites is 2. The van der Waals surface area contributed by atoms with E-state index in [0.29, 0.717) is 11.4 Å². The van der Waals surface area contributed by atoms with Gasteiger partial charge in [-0.25, -0.2) is 4.98 Å². The minimum atomic E-state index is -0.659. The number of nitrogens with zero attached hydrogens (tertiary/aromatic N) is 2. The van der Waals surface area contributed by atoms with E-state index in [0.717, 1.165) is 26.9 Å². The lowest BCUT2D eigenvalue weighted by atomic mass is 10.1. The maximum atomic E-state index is 10.5. The van der Waals surface area contributed by atoms with Gasteiger partial charge in [-0.15, -0.1) is 0 Å². The first-order valence-electron chi connectivity index (χ1n) is 6.59. The molecule has 0 bridgehead atoms. The van der Waals surface area contributed by atoms with Crippen LogP contribution in [-0.4, -0.2) is 14.7 Å². The molecule has 3 nitrogen and oxygen atoms in total. The molecule has 3 aromatic rings. The minimum Gasteiger partial charge on any atom is -0.388 e. The molecule has 108 valence electrons. The molecule has 1 atom stereocenters. The zero-order valence-corrected chi connectivity index (χ0v) is 13.8. The van der Waals surface area contributed by atoms with Gasteiger partial charge in [0.25, 0.3) is 0 Å². The van der Waals surface area contributed by atoms with Gasteiger partial charge in [0, 0.05) is 23.0 Å². The van der Waals surface area contributed by atoms with E-state index in [4.69, 9.17) is 11.6 Å². The summed E-state index contributed by atoms with van der Waals surface area (Å²) in [5.74, 6) is 0.843. The fraction of sp³-hybridized carbons (Fsp3) is 0.188. The molecule has 0 amide bonds. The highest BCUT2D eigenvalue weighted by molar-refractivity contribution is 9.10. The Morgan fingerprint density at radius 1 is 1.29 bits per heavy atom. The van der Waals surface area contributed by atoms with Crippen molar-refractivity contribution < 1.29 is 5.11 Å². The Morgan fingerprint density at radius 3 is 2.81 bits per heavy atom. The summed E-state index contributed by atoms with van der Waals surface area (Å²) in [6.45, 7) is 0. The molecule has 1 aromatic heterocycles. The van der Waals surface area contributed by atoms with Crippen molar-refractivity contribution in [3.63, 3.8) is 0 Å². The number of benzene rings is 2. The van der Waals surface area contributed by atoms with Gasteiger partial charge in [-0.05, 0) is 35.9 Å². The molecule has 21 heavy (non-hydrogen) atoms. The second-order valence-corrected chi connectivity index (χ2v) is 6.25. The van der Waals surface area contributed by atoms with Crippen LogP contribution in [0.25, 0.3) is 11.0 Å². The fourth-order valence-corrected chi connectivity index (χ4v) is 3.12. The quantitative estimate of drug-likeness (QED) is 0.753. The van der Waals surface area contributed by atoms with Gasteiger partial charge in [0.1, 0.15) is 5.82 Å². The Morgan fingerprint density at radius 2 is 2.05 bits per heavy atom. The van der Waals surface area contributed by atoms with Gasteiger partial charge in [0.15, 0.2) is 0 Å². The Labute approximate surface area is 136 Å². The van der Waals surface area contributed by atoms with Crippen LogP contribution in [-0.2, 0) is 13.5 Å². The number of hydrogen-bond donors (Lipinski definition) is 1. The molecule has 0 aliphatic carbocycles. The number of fused-ring (bicyclic) bond motifs is 1. The highest BCUT2D eigenvalue weighted by Gasteiger charge is 2.16. The standard InChI is InChI=1S/C16H14BrClN2O/c1-20-14-5-3-2-4-13(14)19-16(20)9-15(21)11-8-10(18)6-7-12(11)17/h2-8,15,21H,9H2,1H3. The van der Waals surface area contributed by atoms with E-state index >= 15 is 0 Å². The van der Waals surface area contributed by atoms with Crippen molar-refractivity contribution in [3.8, 4) is 0 Å². The molecule has 3 rings (SSSR count). The zero-order valence-electron chi connectivity index (χ0n) is 11.4. The highest BCUT2D eigenvalue weighted by atomic mass is 79.9. The molecular formula is C16H14BrClN2O. The lowest BCUT2D eigenvalue weighted by Gasteiger charge is -2.13. The summed E-state index contributed by atoms with van der Waals surface area (Å²) in [6, 6.07) is 13.3. The van der Waals surface area contributed by atoms with Crippen molar-refractivity contribution in [2.45, 2.75) is 12.5 Å². The van der Waals surface area contributed by atoms with E-state index < -0.39 is 6.10 Å². The van der Waals surface area contributed by atoms with Gasteiger partial charge in [-0.3, -0.25) is 0 Å². The minimum absolute atomic E-state index is 0.435. The average molecular weight is 366 g/mol. The van der Waals surface area contributed by atoms with Gasteiger partial charge in [-0.1, -0.05) is 39.7 Å². The Kier molecular flexibility index (Phi) is 4.02. The maximum Gasteiger partial charge on any atom is 0.112 e. The van der Waals surface area contributed by atoms with Crippen LogP contribution in [0.5, 0.6) is 0 Å². The molecule has 0 aliphatic rings. The second kappa shape index (κ2) is 5.79. The summed E-state index contributed by atoms with van der Waals surface area (Å²) < 4.78 is 2.86. The fourth-order valence-electron chi connectivity index (χ4n) is 2.43. The summed E-state index contributed by atoms with van der Waals surface area (Å²) >= 11 is 9.46. The van der Waals surface area contributed by atoms with E-state index in [1.54, 1.807) is 12.1 Å². The third-order valence-corrected chi connectivity index (χ3v) is 4.53. The largest absolute Gasteiger partial charge is 0.388 e. The van der Waals surface area contributed by atoms with Gasteiger partial charge in [-0.2, -0.15) is 0 Å². The molecule has 5 heteroatoms. The number of aliphatic hydroxyl groups excluding tert-OH is 1. The Balaban J connectivity index is 1.94. The summed E-state index contributed by atoms with van der Waals surface area (Å²) in [4.78, 5) is 4.58. The van der Waals surface area contributed by atoms with Crippen LogP contribution in [0, 0.1) is 0 Å². The molecule has 0 aliphatic heterocycles. The van der Waals surface area contributed by atoms with Gasteiger partial charge < -0.3 is 9.67 Å². The molecular weight excluding hydrogens is 352 g/mol. The van der Waals surface area contributed by atoms with Crippen LogP contribution >= 0.6 is 27.5 Å². The molecule has 1 unspecified atom stereocenters. The predicted molar refractivity (Wildman–Crippen MR) is 88.5 cm³/mol. The van der Waals surface area contributed by atoms with Gasteiger partial charge in [0.05, 0.1) is 17.1 Å². The van der Waals surface area contributed by atoms with Crippen molar-refractivity contribution in [2.24, 2.45) is 7.05 Å². The zero-order chi connectivity index (χ0) is 15.0. The van der Waals surface area contributed by atoms with E-state index in [9.17, 15) is 5.11 Å². The Bertz CT molecular complexity index is 800. The number of imidazole rings is 1. The number of aliphatic hydroxyl groups is 1. The predicted octanol–water partition coefficient (Wildman–Crippen LogP) is 4.27. The Hall–Kier alpha value is -1.36. The molecule has 1 heterocycles. The third kappa shape index (κ3) is 2.84. The third-order valence-electron chi connectivity index (χ3n) is 3.57. The SMILES string of the molecule is Cn1c(CC(O)c2cc(Cl)ccc2Br)nc2ccccc21. The molecule has 0 fully saturated rings. The van der Waals surface area contributed by atoms with Crippen LogP contribution in [0.15, 0.2) is 46.9 Å². The van der Waals surface area contributed by atoms with Crippen LogP contribution in [0.2, 0.25) is 5.02 Å². The number of aryl methyl sites for hydroxylation is 1. The number of halogens is 2. The second-order valence-electron chi connectivity index (χ2n) is 4.96. The van der Waals surface area contributed by atoms with Crippen molar-refractivity contribution in [1.29, 1.82) is 0 Å². The lowest BCUT2D eigenvalue weighted by molar-refractivity contribution is 0.174.